The zero-order chi connectivity index (χ0) is 18.1. The van der Waals surface area contributed by atoms with Gasteiger partial charge in [0.1, 0.15) is 5.82 Å². The Labute approximate surface area is 149 Å². The lowest BCUT2D eigenvalue weighted by atomic mass is 10.2. The lowest BCUT2D eigenvalue weighted by Crippen LogP contribution is -2.50. The zero-order valence-electron chi connectivity index (χ0n) is 15.2. The van der Waals surface area contributed by atoms with Crippen LogP contribution in [-0.2, 0) is 4.74 Å². The number of anilines is 1. The summed E-state index contributed by atoms with van der Waals surface area (Å²) in [5.74, 6) is 0.703. The molecule has 25 heavy (non-hydrogen) atoms. The van der Waals surface area contributed by atoms with Gasteiger partial charge in [0, 0.05) is 44.5 Å². The number of rotatable bonds is 7. The standard InChI is InChI=1S/C18H28N4O3/c1-3-5-6-8-19-16-14-15(7-9-20-16)17(23)21-10-12-22(13-11-21)18(24)25-4-2/h7,9,14H,3-6,8,10-13H2,1-2H3,(H,19,20). The third kappa shape index (κ3) is 5.62. The predicted molar refractivity (Wildman–Crippen MR) is 96.8 cm³/mol. The van der Waals surface area contributed by atoms with Crippen LogP contribution in [0.25, 0.3) is 0 Å². The van der Waals surface area contributed by atoms with Gasteiger partial charge in [0.25, 0.3) is 5.91 Å². The number of carbonyl (C=O) groups is 2. The Morgan fingerprint density at radius 1 is 1.16 bits per heavy atom. The van der Waals surface area contributed by atoms with Crippen molar-refractivity contribution in [3.8, 4) is 0 Å². The first-order valence-corrected chi connectivity index (χ1v) is 9.06. The molecule has 1 aliphatic rings. The van der Waals surface area contributed by atoms with Crippen molar-refractivity contribution in [2.24, 2.45) is 0 Å². The van der Waals surface area contributed by atoms with E-state index in [0.717, 1.165) is 18.8 Å². The van der Waals surface area contributed by atoms with E-state index in [1.165, 1.54) is 12.8 Å². The highest BCUT2D eigenvalue weighted by Crippen LogP contribution is 2.13. The molecule has 0 saturated carbocycles. The van der Waals surface area contributed by atoms with E-state index in [-0.39, 0.29) is 12.0 Å². The Bertz CT molecular complexity index is 571. The van der Waals surface area contributed by atoms with Gasteiger partial charge in [0.15, 0.2) is 0 Å². The van der Waals surface area contributed by atoms with Crippen molar-refractivity contribution in [3.63, 3.8) is 0 Å². The van der Waals surface area contributed by atoms with Crippen molar-refractivity contribution >= 4 is 17.8 Å². The Hall–Kier alpha value is -2.31. The van der Waals surface area contributed by atoms with Crippen LogP contribution in [0.4, 0.5) is 10.6 Å². The summed E-state index contributed by atoms with van der Waals surface area (Å²) in [6, 6.07) is 3.53. The van der Waals surface area contributed by atoms with Gasteiger partial charge in [0.2, 0.25) is 0 Å². The van der Waals surface area contributed by atoms with Crippen LogP contribution >= 0.6 is 0 Å². The van der Waals surface area contributed by atoms with E-state index in [4.69, 9.17) is 4.74 Å². The van der Waals surface area contributed by atoms with Crippen LogP contribution in [0.2, 0.25) is 0 Å². The van der Waals surface area contributed by atoms with Crippen LogP contribution in [0.3, 0.4) is 0 Å². The van der Waals surface area contributed by atoms with E-state index in [9.17, 15) is 9.59 Å². The van der Waals surface area contributed by atoms with Gasteiger partial charge in [-0.15, -0.1) is 0 Å². The minimum absolute atomic E-state index is 0.0254. The second kappa shape index (κ2) is 9.86. The summed E-state index contributed by atoms with van der Waals surface area (Å²) < 4.78 is 5.00. The number of carbonyl (C=O) groups excluding carboxylic acids is 2. The highest BCUT2D eigenvalue weighted by molar-refractivity contribution is 5.95. The highest BCUT2D eigenvalue weighted by atomic mass is 16.6. The lowest BCUT2D eigenvalue weighted by Gasteiger charge is -2.34. The molecule has 2 heterocycles. The van der Waals surface area contributed by atoms with E-state index in [1.807, 2.05) is 0 Å². The van der Waals surface area contributed by atoms with E-state index >= 15 is 0 Å². The topological polar surface area (TPSA) is 74.8 Å². The van der Waals surface area contributed by atoms with Gasteiger partial charge in [-0.25, -0.2) is 9.78 Å². The molecule has 7 heteroatoms. The average Bonchev–Trinajstić information content (AvgIpc) is 2.65. The number of hydrogen-bond donors (Lipinski definition) is 1. The normalized spacial score (nSPS) is 14.3. The molecule has 1 saturated heterocycles. The van der Waals surface area contributed by atoms with Crippen molar-refractivity contribution < 1.29 is 14.3 Å². The quantitative estimate of drug-likeness (QED) is 0.767. The van der Waals surface area contributed by atoms with Gasteiger partial charge in [0.05, 0.1) is 6.61 Å². The Morgan fingerprint density at radius 3 is 2.56 bits per heavy atom. The van der Waals surface area contributed by atoms with Crippen LogP contribution < -0.4 is 5.32 Å². The van der Waals surface area contributed by atoms with E-state index in [2.05, 4.69) is 17.2 Å². The van der Waals surface area contributed by atoms with Crippen LogP contribution in [-0.4, -0.2) is 66.1 Å². The van der Waals surface area contributed by atoms with Crippen molar-refractivity contribution in [3.05, 3.63) is 23.9 Å². The summed E-state index contributed by atoms with van der Waals surface area (Å²) in [6.07, 6.45) is 4.79. The molecule has 0 unspecified atom stereocenters. The number of aromatic nitrogens is 1. The SMILES string of the molecule is CCCCCNc1cc(C(=O)N2CCN(C(=O)OCC)CC2)ccn1. The molecule has 1 N–H and O–H groups in total. The third-order valence-corrected chi connectivity index (χ3v) is 4.19. The van der Waals surface area contributed by atoms with Crippen molar-refractivity contribution in [1.29, 1.82) is 0 Å². The van der Waals surface area contributed by atoms with Crippen molar-refractivity contribution in [2.45, 2.75) is 33.1 Å². The average molecular weight is 348 g/mol. The molecule has 0 aliphatic carbocycles. The highest BCUT2D eigenvalue weighted by Gasteiger charge is 2.25. The Balaban J connectivity index is 1.87. The number of nitrogens with zero attached hydrogens (tertiary/aromatic N) is 3. The molecular weight excluding hydrogens is 320 g/mol. The molecule has 7 nitrogen and oxygen atoms in total. The molecule has 138 valence electrons. The van der Waals surface area contributed by atoms with Crippen LogP contribution in [0.5, 0.6) is 0 Å². The monoisotopic (exact) mass is 348 g/mol. The van der Waals surface area contributed by atoms with Gasteiger partial charge in [-0.1, -0.05) is 19.8 Å². The van der Waals surface area contributed by atoms with Crippen LogP contribution in [0.1, 0.15) is 43.5 Å². The Kier molecular flexibility index (Phi) is 7.50. The summed E-state index contributed by atoms with van der Waals surface area (Å²) in [5, 5.41) is 3.26. The second-order valence-corrected chi connectivity index (χ2v) is 6.04. The molecule has 0 bridgehead atoms. The maximum Gasteiger partial charge on any atom is 0.409 e. The molecule has 2 amide bonds. The fourth-order valence-electron chi connectivity index (χ4n) is 2.74. The lowest BCUT2D eigenvalue weighted by molar-refractivity contribution is 0.0570. The zero-order valence-corrected chi connectivity index (χ0v) is 15.2. The molecular formula is C18H28N4O3. The van der Waals surface area contributed by atoms with E-state index in [0.29, 0.717) is 38.3 Å². The molecule has 0 atom stereocenters. The smallest absolute Gasteiger partial charge is 0.409 e. The van der Waals surface area contributed by atoms with Gasteiger partial charge < -0.3 is 19.9 Å². The first-order valence-electron chi connectivity index (χ1n) is 9.06. The molecule has 0 spiro atoms. The summed E-state index contributed by atoms with van der Waals surface area (Å²) in [5.41, 5.74) is 0.623. The summed E-state index contributed by atoms with van der Waals surface area (Å²) in [7, 11) is 0. The summed E-state index contributed by atoms with van der Waals surface area (Å²) in [4.78, 5) is 32.1. The first kappa shape index (κ1) is 19.0. The number of amides is 2. The number of ether oxygens (including phenoxy) is 1. The molecule has 0 aromatic carbocycles. The fraction of sp³-hybridized carbons (Fsp3) is 0.611. The molecule has 2 rings (SSSR count). The van der Waals surface area contributed by atoms with E-state index in [1.54, 1.807) is 35.1 Å². The fourth-order valence-corrected chi connectivity index (χ4v) is 2.74. The number of nitrogens with one attached hydrogen (secondary N) is 1. The predicted octanol–water partition coefficient (Wildman–Crippen LogP) is 2.60. The maximum atomic E-state index is 12.7. The van der Waals surface area contributed by atoms with Crippen molar-refractivity contribution in [1.82, 2.24) is 14.8 Å². The minimum atomic E-state index is -0.308. The van der Waals surface area contributed by atoms with Gasteiger partial charge in [-0.3, -0.25) is 4.79 Å². The molecule has 1 aliphatic heterocycles. The number of pyridine rings is 1. The summed E-state index contributed by atoms with van der Waals surface area (Å²) >= 11 is 0. The number of hydrogen-bond acceptors (Lipinski definition) is 5. The van der Waals surface area contributed by atoms with Gasteiger partial charge in [-0.2, -0.15) is 0 Å². The maximum absolute atomic E-state index is 12.7. The molecule has 1 aromatic rings. The first-order chi connectivity index (χ1) is 12.2. The minimum Gasteiger partial charge on any atom is -0.450 e. The molecule has 1 aromatic heterocycles. The van der Waals surface area contributed by atoms with Crippen LogP contribution in [0, 0.1) is 0 Å². The van der Waals surface area contributed by atoms with Crippen molar-refractivity contribution in [2.75, 3.05) is 44.6 Å². The second-order valence-electron chi connectivity index (χ2n) is 6.04. The third-order valence-electron chi connectivity index (χ3n) is 4.19. The largest absolute Gasteiger partial charge is 0.450 e. The van der Waals surface area contributed by atoms with Gasteiger partial charge >= 0.3 is 6.09 Å². The number of piperazine rings is 1. The Morgan fingerprint density at radius 2 is 1.88 bits per heavy atom. The van der Waals surface area contributed by atoms with Crippen LogP contribution in [0.15, 0.2) is 18.3 Å². The van der Waals surface area contributed by atoms with E-state index < -0.39 is 0 Å². The molecule has 1 fully saturated rings. The summed E-state index contributed by atoms with van der Waals surface area (Å²) in [6.45, 7) is 7.20. The molecule has 0 radical (unpaired) electrons. The van der Waals surface area contributed by atoms with Gasteiger partial charge in [-0.05, 0) is 25.5 Å². The number of unbranched alkanes of at least 4 members (excludes halogenated alkanes) is 2.